The summed E-state index contributed by atoms with van der Waals surface area (Å²) in [4.78, 5) is 16.4. The molecule has 1 aromatic heterocycles. The highest BCUT2D eigenvalue weighted by atomic mass is 35.5. The number of carbonyl (C=O) groups excluding carboxylic acids is 1. The molecular weight excluding hydrogens is 407 g/mol. The summed E-state index contributed by atoms with van der Waals surface area (Å²) in [5, 5.41) is 7.13. The van der Waals surface area contributed by atoms with Crippen LogP contribution in [0.3, 0.4) is 0 Å². The number of hydrogen-bond donors (Lipinski definition) is 1. The number of aryl methyl sites for hydroxylation is 1. The molecule has 1 amide bonds. The van der Waals surface area contributed by atoms with Crippen molar-refractivity contribution < 1.29 is 22.5 Å². The van der Waals surface area contributed by atoms with Crippen LogP contribution in [0.25, 0.3) is 11.4 Å². The first-order valence-corrected chi connectivity index (χ1v) is 9.15. The Labute approximate surface area is 169 Å². The molecule has 0 aliphatic carbocycles. The quantitative estimate of drug-likeness (QED) is 0.590. The van der Waals surface area contributed by atoms with Gasteiger partial charge in [-0.1, -0.05) is 28.9 Å². The Morgan fingerprint density at radius 1 is 1.21 bits per heavy atom. The second-order valence-corrected chi connectivity index (χ2v) is 6.87. The monoisotopic (exact) mass is 423 g/mol. The summed E-state index contributed by atoms with van der Waals surface area (Å²) in [6, 6.07) is 11.2. The fraction of sp³-hybridized carbons (Fsp3) is 0.250. The van der Waals surface area contributed by atoms with Crippen molar-refractivity contribution >= 4 is 17.5 Å². The fourth-order valence-corrected chi connectivity index (χ4v) is 2.80. The van der Waals surface area contributed by atoms with Crippen LogP contribution >= 0.6 is 11.6 Å². The molecule has 0 radical (unpaired) electrons. The lowest BCUT2D eigenvalue weighted by atomic mass is 10.0. The van der Waals surface area contributed by atoms with E-state index in [0.717, 1.165) is 17.7 Å². The molecule has 1 heterocycles. The maximum atomic E-state index is 12.8. The van der Waals surface area contributed by atoms with E-state index in [1.54, 1.807) is 31.2 Å². The highest BCUT2D eigenvalue weighted by Crippen LogP contribution is 2.30. The average Bonchev–Trinajstić information content (AvgIpc) is 3.15. The van der Waals surface area contributed by atoms with Crippen molar-refractivity contribution in [3.05, 3.63) is 70.6 Å². The van der Waals surface area contributed by atoms with E-state index in [-0.39, 0.29) is 24.6 Å². The zero-order valence-corrected chi connectivity index (χ0v) is 16.1. The van der Waals surface area contributed by atoms with Gasteiger partial charge in [-0.25, -0.2) is 0 Å². The minimum atomic E-state index is -4.43. The van der Waals surface area contributed by atoms with E-state index in [2.05, 4.69) is 15.5 Å². The Kier molecular flexibility index (Phi) is 6.22. The third kappa shape index (κ3) is 5.57. The molecule has 0 spiro atoms. The lowest BCUT2D eigenvalue weighted by Crippen LogP contribution is -2.27. The predicted molar refractivity (Wildman–Crippen MR) is 101 cm³/mol. The zero-order chi connectivity index (χ0) is 21.0. The van der Waals surface area contributed by atoms with Gasteiger partial charge in [-0.15, -0.1) is 0 Å². The van der Waals surface area contributed by atoms with Gasteiger partial charge in [0.1, 0.15) is 0 Å². The molecule has 29 heavy (non-hydrogen) atoms. The smallest absolute Gasteiger partial charge is 0.350 e. The minimum absolute atomic E-state index is 0.0611. The van der Waals surface area contributed by atoms with Gasteiger partial charge >= 0.3 is 6.18 Å². The molecule has 3 rings (SSSR count). The minimum Gasteiger partial charge on any atom is -0.350 e. The number of hydrogen-bond acceptors (Lipinski definition) is 4. The van der Waals surface area contributed by atoms with Crippen LogP contribution in [-0.4, -0.2) is 16.0 Å². The van der Waals surface area contributed by atoms with Crippen molar-refractivity contribution in [1.29, 1.82) is 0 Å². The van der Waals surface area contributed by atoms with Gasteiger partial charge in [0.05, 0.1) is 11.6 Å². The van der Waals surface area contributed by atoms with E-state index in [0.29, 0.717) is 16.4 Å². The molecular formula is C20H17ClF3N3O2. The standard InChI is InChI=1S/C20H17ClF3N3O2/c1-12(14-3-2-4-15(11-14)20(22,23)24)25-17(28)9-10-18-26-19(27-29-18)13-5-7-16(21)8-6-13/h2-8,11-12H,9-10H2,1H3,(H,25,28). The number of carbonyl (C=O) groups is 1. The zero-order valence-electron chi connectivity index (χ0n) is 15.3. The van der Waals surface area contributed by atoms with Gasteiger partial charge in [0.25, 0.3) is 0 Å². The Morgan fingerprint density at radius 2 is 1.93 bits per heavy atom. The van der Waals surface area contributed by atoms with Crippen molar-refractivity contribution in [3.63, 3.8) is 0 Å². The normalized spacial score (nSPS) is 12.6. The summed E-state index contributed by atoms with van der Waals surface area (Å²) in [5.41, 5.74) is 0.347. The SMILES string of the molecule is CC(NC(=O)CCc1nc(-c2ccc(Cl)cc2)no1)c1cccc(C(F)(F)F)c1. The maximum Gasteiger partial charge on any atom is 0.416 e. The Hall–Kier alpha value is -2.87. The van der Waals surface area contributed by atoms with E-state index in [1.807, 2.05) is 0 Å². The molecule has 3 aromatic rings. The maximum absolute atomic E-state index is 12.8. The Balaban J connectivity index is 1.56. The average molecular weight is 424 g/mol. The van der Waals surface area contributed by atoms with Crippen molar-refractivity contribution in [2.75, 3.05) is 0 Å². The summed E-state index contributed by atoms with van der Waals surface area (Å²) < 4.78 is 43.6. The molecule has 1 atom stereocenters. The van der Waals surface area contributed by atoms with Gasteiger partial charge in [-0.2, -0.15) is 18.2 Å². The lowest BCUT2D eigenvalue weighted by Gasteiger charge is -2.16. The van der Waals surface area contributed by atoms with Crippen LogP contribution in [0.15, 0.2) is 53.1 Å². The number of aromatic nitrogens is 2. The number of amides is 1. The molecule has 0 fully saturated rings. The first-order chi connectivity index (χ1) is 13.7. The van der Waals surface area contributed by atoms with Crippen molar-refractivity contribution in [3.8, 4) is 11.4 Å². The molecule has 152 valence electrons. The van der Waals surface area contributed by atoms with Gasteiger partial charge in [-0.05, 0) is 48.9 Å². The molecule has 0 bridgehead atoms. The first kappa shape index (κ1) is 20.9. The highest BCUT2D eigenvalue weighted by molar-refractivity contribution is 6.30. The predicted octanol–water partition coefficient (Wildman–Crippen LogP) is 5.22. The fourth-order valence-electron chi connectivity index (χ4n) is 2.67. The Morgan fingerprint density at radius 3 is 2.62 bits per heavy atom. The third-order valence-corrected chi connectivity index (χ3v) is 4.48. The Bertz CT molecular complexity index is 987. The van der Waals surface area contributed by atoms with Gasteiger partial charge in [-0.3, -0.25) is 4.79 Å². The van der Waals surface area contributed by atoms with Crippen molar-refractivity contribution in [2.24, 2.45) is 0 Å². The molecule has 0 aliphatic rings. The summed E-state index contributed by atoms with van der Waals surface area (Å²) in [5.74, 6) is 0.340. The summed E-state index contributed by atoms with van der Waals surface area (Å²) in [6.07, 6.45) is -4.16. The van der Waals surface area contributed by atoms with E-state index >= 15 is 0 Å². The topological polar surface area (TPSA) is 68.0 Å². The second kappa shape index (κ2) is 8.65. The van der Waals surface area contributed by atoms with Crippen LogP contribution in [0.5, 0.6) is 0 Å². The van der Waals surface area contributed by atoms with E-state index in [4.69, 9.17) is 16.1 Å². The number of nitrogens with one attached hydrogen (secondary N) is 1. The van der Waals surface area contributed by atoms with Crippen molar-refractivity contribution in [1.82, 2.24) is 15.5 Å². The number of nitrogens with zero attached hydrogens (tertiary/aromatic N) is 2. The molecule has 9 heteroatoms. The molecule has 1 unspecified atom stereocenters. The van der Waals surface area contributed by atoms with Crippen LogP contribution in [0.2, 0.25) is 5.02 Å². The molecule has 1 N–H and O–H groups in total. The van der Waals surface area contributed by atoms with Gasteiger partial charge in [0, 0.05) is 23.4 Å². The third-order valence-electron chi connectivity index (χ3n) is 4.23. The molecule has 0 saturated carbocycles. The molecule has 0 saturated heterocycles. The van der Waals surface area contributed by atoms with E-state index < -0.39 is 17.8 Å². The second-order valence-electron chi connectivity index (χ2n) is 6.43. The van der Waals surface area contributed by atoms with Crippen LogP contribution in [0, 0.1) is 0 Å². The molecule has 0 aliphatic heterocycles. The van der Waals surface area contributed by atoms with E-state index in [9.17, 15) is 18.0 Å². The number of rotatable bonds is 6. The van der Waals surface area contributed by atoms with Crippen LogP contribution < -0.4 is 5.32 Å². The van der Waals surface area contributed by atoms with E-state index in [1.165, 1.54) is 12.1 Å². The van der Waals surface area contributed by atoms with Crippen LogP contribution in [-0.2, 0) is 17.4 Å². The van der Waals surface area contributed by atoms with Gasteiger partial charge in [0.15, 0.2) is 0 Å². The summed E-state index contributed by atoms with van der Waals surface area (Å²) in [6.45, 7) is 1.62. The van der Waals surface area contributed by atoms with Gasteiger partial charge < -0.3 is 9.84 Å². The van der Waals surface area contributed by atoms with Gasteiger partial charge in [0.2, 0.25) is 17.6 Å². The summed E-state index contributed by atoms with van der Waals surface area (Å²) in [7, 11) is 0. The molecule has 5 nitrogen and oxygen atoms in total. The lowest BCUT2D eigenvalue weighted by molar-refractivity contribution is -0.137. The van der Waals surface area contributed by atoms with Crippen LogP contribution in [0.1, 0.15) is 36.4 Å². The molecule has 2 aromatic carbocycles. The number of halogens is 4. The highest BCUT2D eigenvalue weighted by Gasteiger charge is 2.30. The number of benzene rings is 2. The first-order valence-electron chi connectivity index (χ1n) is 8.77. The van der Waals surface area contributed by atoms with Crippen LogP contribution in [0.4, 0.5) is 13.2 Å². The summed E-state index contributed by atoms with van der Waals surface area (Å²) >= 11 is 5.84. The number of alkyl halides is 3. The van der Waals surface area contributed by atoms with Crippen molar-refractivity contribution in [2.45, 2.75) is 32.0 Å². The largest absolute Gasteiger partial charge is 0.416 e.